The number of hydrogen-bond donors (Lipinski definition) is 1. The summed E-state index contributed by atoms with van der Waals surface area (Å²) in [6, 6.07) is 0. The Hall–Kier alpha value is -1.03. The van der Waals surface area contributed by atoms with Crippen LogP contribution in [0.2, 0.25) is 0 Å². The maximum atomic E-state index is 5.98. The summed E-state index contributed by atoms with van der Waals surface area (Å²) in [6.45, 7) is 1.95. The average molecular weight is 168 g/mol. The highest BCUT2D eigenvalue weighted by molar-refractivity contribution is 5.82. The summed E-state index contributed by atoms with van der Waals surface area (Å²) in [5, 5.41) is 0. The summed E-state index contributed by atoms with van der Waals surface area (Å²) in [5.74, 6) is 0.877. The molecule has 4 nitrogen and oxygen atoms in total. The quantitative estimate of drug-likeness (QED) is 0.555. The molecule has 1 unspecified atom stereocenters. The largest absolute Gasteiger partial charge is 0.324 e. The lowest BCUT2D eigenvalue weighted by atomic mass is 10.1. The topological polar surface area (TPSA) is 44.9 Å². The fourth-order valence-electron chi connectivity index (χ4n) is 1.20. The van der Waals surface area contributed by atoms with Gasteiger partial charge in [0.2, 0.25) is 5.96 Å². The monoisotopic (exact) mass is 168 g/mol. The van der Waals surface area contributed by atoms with Crippen molar-refractivity contribution in [3.8, 4) is 0 Å². The van der Waals surface area contributed by atoms with Gasteiger partial charge in [0.15, 0.2) is 0 Å². The Morgan fingerprint density at radius 1 is 1.50 bits per heavy atom. The van der Waals surface area contributed by atoms with E-state index in [0.29, 0.717) is 0 Å². The zero-order valence-corrected chi connectivity index (χ0v) is 8.07. The Kier molecular flexibility index (Phi) is 2.10. The summed E-state index contributed by atoms with van der Waals surface area (Å²) in [6.07, 6.45) is 3.88. The SMILES string of the molecule is C/N=C1/N(C)C=CC(C)(N)N1C. The molecule has 0 aromatic heterocycles. The third-order valence-electron chi connectivity index (χ3n) is 2.17. The molecule has 12 heavy (non-hydrogen) atoms. The predicted molar refractivity (Wildman–Crippen MR) is 50.6 cm³/mol. The van der Waals surface area contributed by atoms with Gasteiger partial charge >= 0.3 is 0 Å². The van der Waals surface area contributed by atoms with Crippen LogP contribution in [0.1, 0.15) is 6.92 Å². The zero-order chi connectivity index (χ0) is 9.35. The van der Waals surface area contributed by atoms with E-state index in [0.717, 1.165) is 5.96 Å². The zero-order valence-electron chi connectivity index (χ0n) is 8.07. The fraction of sp³-hybridized carbons (Fsp3) is 0.625. The normalized spacial score (nSPS) is 33.2. The highest BCUT2D eigenvalue weighted by atomic mass is 15.4. The summed E-state index contributed by atoms with van der Waals surface area (Å²) in [4.78, 5) is 8.02. The van der Waals surface area contributed by atoms with Gasteiger partial charge in [0.25, 0.3) is 0 Å². The van der Waals surface area contributed by atoms with E-state index in [1.165, 1.54) is 0 Å². The third-order valence-corrected chi connectivity index (χ3v) is 2.17. The molecule has 0 amide bonds. The maximum Gasteiger partial charge on any atom is 0.201 e. The molecule has 0 bridgehead atoms. The minimum Gasteiger partial charge on any atom is -0.324 e. The van der Waals surface area contributed by atoms with Crippen molar-refractivity contribution in [2.75, 3.05) is 21.1 Å². The molecule has 1 atom stereocenters. The molecule has 1 aliphatic heterocycles. The average Bonchev–Trinajstić information content (AvgIpc) is 2.00. The van der Waals surface area contributed by atoms with Gasteiger partial charge in [-0.15, -0.1) is 0 Å². The van der Waals surface area contributed by atoms with E-state index in [2.05, 4.69) is 4.99 Å². The van der Waals surface area contributed by atoms with Crippen molar-refractivity contribution in [3.05, 3.63) is 12.3 Å². The molecule has 0 saturated heterocycles. The Morgan fingerprint density at radius 3 is 2.50 bits per heavy atom. The second-order valence-corrected chi connectivity index (χ2v) is 3.24. The van der Waals surface area contributed by atoms with Crippen molar-refractivity contribution in [1.82, 2.24) is 9.80 Å². The van der Waals surface area contributed by atoms with Gasteiger partial charge in [0, 0.05) is 27.3 Å². The first kappa shape index (κ1) is 9.06. The molecule has 0 radical (unpaired) electrons. The molecule has 0 aromatic rings. The van der Waals surface area contributed by atoms with Crippen molar-refractivity contribution >= 4 is 5.96 Å². The summed E-state index contributed by atoms with van der Waals surface area (Å²) in [5.41, 5.74) is 5.55. The van der Waals surface area contributed by atoms with Crippen LogP contribution in [0.15, 0.2) is 17.3 Å². The van der Waals surface area contributed by atoms with Gasteiger partial charge in [-0.1, -0.05) is 0 Å². The van der Waals surface area contributed by atoms with E-state index >= 15 is 0 Å². The predicted octanol–water partition coefficient (Wildman–Crippen LogP) is 0.0380. The minimum absolute atomic E-state index is 0.429. The number of aliphatic imine (C=N–C) groups is 1. The van der Waals surface area contributed by atoms with E-state index in [1.807, 2.05) is 43.1 Å². The maximum absolute atomic E-state index is 5.98. The van der Waals surface area contributed by atoms with Gasteiger partial charge in [-0.25, -0.2) is 0 Å². The number of hydrogen-bond acceptors (Lipinski definition) is 2. The lowest BCUT2D eigenvalue weighted by molar-refractivity contribution is 0.260. The van der Waals surface area contributed by atoms with Gasteiger partial charge in [0.1, 0.15) is 5.66 Å². The standard InChI is InChI=1S/C8H16N4/c1-8(9)5-6-11(3)7(10-2)12(8)4/h5-6H,9H2,1-4H3/b10-7-. The van der Waals surface area contributed by atoms with Crippen LogP contribution in [0, 0.1) is 0 Å². The molecule has 0 saturated carbocycles. The van der Waals surface area contributed by atoms with Gasteiger partial charge in [0.05, 0.1) is 0 Å². The van der Waals surface area contributed by atoms with Gasteiger partial charge in [-0.3, -0.25) is 4.99 Å². The summed E-state index contributed by atoms with van der Waals surface area (Å²) >= 11 is 0. The van der Waals surface area contributed by atoms with Crippen molar-refractivity contribution in [2.24, 2.45) is 10.7 Å². The van der Waals surface area contributed by atoms with E-state index in [4.69, 9.17) is 5.73 Å². The molecule has 0 aliphatic carbocycles. The second kappa shape index (κ2) is 2.79. The van der Waals surface area contributed by atoms with Crippen molar-refractivity contribution in [3.63, 3.8) is 0 Å². The molecule has 0 spiro atoms. The van der Waals surface area contributed by atoms with Crippen LogP contribution in [0.5, 0.6) is 0 Å². The summed E-state index contributed by atoms with van der Waals surface area (Å²) < 4.78 is 0. The Labute approximate surface area is 73.4 Å². The number of likely N-dealkylation sites (N-methyl/N-ethyl adjacent to an activating group) is 1. The molecule has 4 heteroatoms. The van der Waals surface area contributed by atoms with Crippen LogP contribution in [0.3, 0.4) is 0 Å². The summed E-state index contributed by atoms with van der Waals surface area (Å²) in [7, 11) is 5.64. The van der Waals surface area contributed by atoms with E-state index in [9.17, 15) is 0 Å². The van der Waals surface area contributed by atoms with Crippen LogP contribution < -0.4 is 5.73 Å². The van der Waals surface area contributed by atoms with E-state index in [1.54, 1.807) is 7.05 Å². The molecule has 68 valence electrons. The lowest BCUT2D eigenvalue weighted by Gasteiger charge is -2.41. The molecule has 1 rings (SSSR count). The highest BCUT2D eigenvalue weighted by Crippen LogP contribution is 2.15. The molecule has 0 fully saturated rings. The van der Waals surface area contributed by atoms with Crippen LogP contribution >= 0.6 is 0 Å². The van der Waals surface area contributed by atoms with Crippen LogP contribution in [-0.2, 0) is 0 Å². The van der Waals surface area contributed by atoms with Gasteiger partial charge < -0.3 is 15.5 Å². The minimum atomic E-state index is -0.429. The van der Waals surface area contributed by atoms with Crippen molar-refractivity contribution < 1.29 is 0 Å². The lowest BCUT2D eigenvalue weighted by Crippen LogP contribution is -2.58. The fourth-order valence-corrected chi connectivity index (χ4v) is 1.20. The first-order chi connectivity index (χ1) is 5.49. The highest BCUT2D eigenvalue weighted by Gasteiger charge is 2.28. The van der Waals surface area contributed by atoms with Crippen LogP contribution in [-0.4, -0.2) is 42.6 Å². The van der Waals surface area contributed by atoms with Crippen LogP contribution in [0.4, 0.5) is 0 Å². The Balaban J connectivity index is 3.02. The van der Waals surface area contributed by atoms with E-state index in [-0.39, 0.29) is 0 Å². The molecular formula is C8H16N4. The first-order valence-electron chi connectivity index (χ1n) is 3.90. The van der Waals surface area contributed by atoms with Crippen molar-refractivity contribution in [2.45, 2.75) is 12.6 Å². The van der Waals surface area contributed by atoms with E-state index < -0.39 is 5.66 Å². The number of nitrogens with two attached hydrogens (primary N) is 1. The molecular weight excluding hydrogens is 152 g/mol. The molecule has 1 aliphatic rings. The van der Waals surface area contributed by atoms with Crippen LogP contribution in [0.25, 0.3) is 0 Å². The molecule has 2 N–H and O–H groups in total. The Morgan fingerprint density at radius 2 is 2.08 bits per heavy atom. The Bertz CT molecular complexity index is 229. The molecule has 0 aromatic carbocycles. The molecule has 1 heterocycles. The number of nitrogens with zero attached hydrogens (tertiary/aromatic N) is 3. The van der Waals surface area contributed by atoms with Crippen molar-refractivity contribution in [1.29, 1.82) is 0 Å². The smallest absolute Gasteiger partial charge is 0.201 e. The second-order valence-electron chi connectivity index (χ2n) is 3.24. The first-order valence-corrected chi connectivity index (χ1v) is 3.90. The van der Waals surface area contributed by atoms with Gasteiger partial charge in [-0.2, -0.15) is 0 Å². The third kappa shape index (κ3) is 1.30. The van der Waals surface area contributed by atoms with Gasteiger partial charge in [-0.05, 0) is 13.0 Å². The number of rotatable bonds is 0. The number of guanidine groups is 1.